The molecule has 2 aromatic carbocycles. The van der Waals surface area contributed by atoms with E-state index in [0.717, 1.165) is 17.7 Å². The molecule has 3 nitrogen and oxygen atoms in total. The van der Waals surface area contributed by atoms with Gasteiger partial charge in [0.25, 0.3) is 5.91 Å². The molecule has 0 saturated carbocycles. The van der Waals surface area contributed by atoms with E-state index in [1.807, 2.05) is 6.92 Å². The Morgan fingerprint density at radius 2 is 1.95 bits per heavy atom. The number of aryl methyl sites for hydroxylation is 1. The second-order valence-electron chi connectivity index (χ2n) is 4.38. The number of hydrogen-bond donors (Lipinski definition) is 1. The van der Waals surface area contributed by atoms with Crippen LogP contribution in [0.3, 0.4) is 0 Å². The van der Waals surface area contributed by atoms with Gasteiger partial charge < -0.3 is 10.1 Å². The number of benzene rings is 2. The minimum atomic E-state index is -1.03. The maximum absolute atomic E-state index is 13.0. The summed E-state index contributed by atoms with van der Waals surface area (Å²) in [6.45, 7) is 1.52. The zero-order valence-corrected chi connectivity index (χ0v) is 11.9. The minimum Gasteiger partial charge on any atom is -0.484 e. The highest BCUT2D eigenvalue weighted by molar-refractivity contribution is 6.31. The zero-order valence-electron chi connectivity index (χ0n) is 11.1. The van der Waals surface area contributed by atoms with Crippen LogP contribution in [0.15, 0.2) is 36.4 Å². The van der Waals surface area contributed by atoms with E-state index in [0.29, 0.717) is 10.7 Å². The van der Waals surface area contributed by atoms with Crippen LogP contribution in [0.1, 0.15) is 5.56 Å². The van der Waals surface area contributed by atoms with Crippen molar-refractivity contribution in [3.05, 3.63) is 58.6 Å². The van der Waals surface area contributed by atoms with Crippen molar-refractivity contribution in [1.82, 2.24) is 0 Å². The van der Waals surface area contributed by atoms with Gasteiger partial charge in [-0.1, -0.05) is 17.7 Å². The first-order valence-corrected chi connectivity index (χ1v) is 6.47. The first kappa shape index (κ1) is 15.3. The third kappa shape index (κ3) is 4.16. The Kier molecular flexibility index (Phi) is 4.75. The van der Waals surface area contributed by atoms with E-state index in [4.69, 9.17) is 16.3 Å². The van der Waals surface area contributed by atoms with E-state index >= 15 is 0 Å². The average molecular weight is 312 g/mol. The maximum atomic E-state index is 13.0. The Labute approximate surface area is 125 Å². The van der Waals surface area contributed by atoms with Crippen LogP contribution < -0.4 is 10.1 Å². The van der Waals surface area contributed by atoms with E-state index in [2.05, 4.69) is 5.32 Å². The fourth-order valence-corrected chi connectivity index (χ4v) is 1.76. The molecule has 0 heterocycles. The summed E-state index contributed by atoms with van der Waals surface area (Å²) in [4.78, 5) is 11.7. The topological polar surface area (TPSA) is 38.3 Å². The lowest BCUT2D eigenvalue weighted by atomic mass is 10.2. The molecule has 0 fully saturated rings. The Morgan fingerprint density at radius 1 is 1.19 bits per heavy atom. The number of hydrogen-bond acceptors (Lipinski definition) is 2. The lowest BCUT2D eigenvalue weighted by Crippen LogP contribution is -2.20. The first-order valence-electron chi connectivity index (χ1n) is 6.09. The Hall–Kier alpha value is -2.14. The molecule has 0 aliphatic carbocycles. The van der Waals surface area contributed by atoms with Gasteiger partial charge in [-0.05, 0) is 36.8 Å². The molecular formula is C15H12ClF2NO2. The fourth-order valence-electron chi connectivity index (χ4n) is 1.58. The van der Waals surface area contributed by atoms with Crippen molar-refractivity contribution in [3.8, 4) is 5.75 Å². The molecule has 0 aliphatic heterocycles. The SMILES string of the molecule is Cc1ccc(NC(=O)COc2ccc(F)c(F)c2)cc1Cl. The van der Waals surface area contributed by atoms with Crippen LogP contribution >= 0.6 is 11.6 Å². The quantitative estimate of drug-likeness (QED) is 0.928. The van der Waals surface area contributed by atoms with Gasteiger partial charge in [-0.25, -0.2) is 8.78 Å². The van der Waals surface area contributed by atoms with Gasteiger partial charge >= 0.3 is 0 Å². The van der Waals surface area contributed by atoms with Crippen molar-refractivity contribution in [3.63, 3.8) is 0 Å². The third-order valence-electron chi connectivity index (χ3n) is 2.72. The van der Waals surface area contributed by atoms with E-state index in [-0.39, 0.29) is 12.4 Å². The van der Waals surface area contributed by atoms with Gasteiger partial charge in [0.15, 0.2) is 18.2 Å². The van der Waals surface area contributed by atoms with Gasteiger partial charge in [-0.2, -0.15) is 0 Å². The number of halogens is 3. The summed E-state index contributed by atoms with van der Waals surface area (Å²) in [7, 11) is 0. The van der Waals surface area contributed by atoms with Crippen molar-refractivity contribution in [2.45, 2.75) is 6.92 Å². The number of anilines is 1. The van der Waals surface area contributed by atoms with Crippen LogP contribution in [0.4, 0.5) is 14.5 Å². The van der Waals surface area contributed by atoms with Crippen molar-refractivity contribution in [1.29, 1.82) is 0 Å². The third-order valence-corrected chi connectivity index (χ3v) is 3.12. The summed E-state index contributed by atoms with van der Waals surface area (Å²) in [5, 5.41) is 3.13. The number of ether oxygens (including phenoxy) is 1. The summed E-state index contributed by atoms with van der Waals surface area (Å²) in [6.07, 6.45) is 0. The number of nitrogens with one attached hydrogen (secondary N) is 1. The number of carbonyl (C=O) groups excluding carboxylic acids is 1. The molecule has 0 radical (unpaired) electrons. The van der Waals surface area contributed by atoms with Crippen molar-refractivity contribution in [2.75, 3.05) is 11.9 Å². The summed E-state index contributed by atoms with van der Waals surface area (Å²) in [6, 6.07) is 8.15. The highest BCUT2D eigenvalue weighted by Gasteiger charge is 2.07. The summed E-state index contributed by atoms with van der Waals surface area (Å²) >= 11 is 5.94. The predicted octanol–water partition coefficient (Wildman–Crippen LogP) is 3.94. The molecule has 0 atom stereocenters. The van der Waals surface area contributed by atoms with E-state index in [9.17, 15) is 13.6 Å². The summed E-state index contributed by atoms with van der Waals surface area (Å²) in [5.41, 5.74) is 1.43. The van der Waals surface area contributed by atoms with Gasteiger partial charge in [-0.3, -0.25) is 4.79 Å². The molecule has 2 aromatic rings. The number of rotatable bonds is 4. The molecule has 0 bridgehead atoms. The molecule has 2 rings (SSSR count). The van der Waals surface area contributed by atoms with Gasteiger partial charge in [0.2, 0.25) is 0 Å². The first-order chi connectivity index (χ1) is 9.95. The smallest absolute Gasteiger partial charge is 0.262 e. The van der Waals surface area contributed by atoms with Crippen molar-refractivity contribution in [2.24, 2.45) is 0 Å². The van der Waals surface area contributed by atoms with Crippen LogP contribution in [-0.2, 0) is 4.79 Å². The van der Waals surface area contributed by atoms with Crippen molar-refractivity contribution < 1.29 is 18.3 Å². The molecule has 0 unspecified atom stereocenters. The monoisotopic (exact) mass is 311 g/mol. The summed E-state index contributed by atoms with van der Waals surface area (Å²) in [5.74, 6) is -2.36. The zero-order chi connectivity index (χ0) is 15.4. The van der Waals surface area contributed by atoms with Crippen molar-refractivity contribution >= 4 is 23.2 Å². The van der Waals surface area contributed by atoms with Crippen LogP contribution in [0.2, 0.25) is 5.02 Å². The minimum absolute atomic E-state index is 0.0750. The second kappa shape index (κ2) is 6.54. The molecule has 21 heavy (non-hydrogen) atoms. The lowest BCUT2D eigenvalue weighted by molar-refractivity contribution is -0.118. The Balaban J connectivity index is 1.92. The molecule has 6 heteroatoms. The molecule has 1 amide bonds. The van der Waals surface area contributed by atoms with Gasteiger partial charge in [0, 0.05) is 16.8 Å². The molecule has 0 saturated heterocycles. The van der Waals surface area contributed by atoms with E-state index < -0.39 is 17.5 Å². The molecule has 0 spiro atoms. The molecular weight excluding hydrogens is 300 g/mol. The highest BCUT2D eigenvalue weighted by Crippen LogP contribution is 2.20. The van der Waals surface area contributed by atoms with Gasteiger partial charge in [0.05, 0.1) is 0 Å². The molecule has 110 valence electrons. The van der Waals surface area contributed by atoms with Crippen LogP contribution in [-0.4, -0.2) is 12.5 Å². The number of amides is 1. The number of carbonyl (C=O) groups is 1. The van der Waals surface area contributed by atoms with Crippen LogP contribution in [0.5, 0.6) is 5.75 Å². The standard InChI is InChI=1S/C15H12ClF2NO2/c1-9-2-3-10(6-12(9)16)19-15(20)8-21-11-4-5-13(17)14(18)7-11/h2-7H,8H2,1H3,(H,19,20). The Bertz CT molecular complexity index is 677. The molecule has 1 N–H and O–H groups in total. The van der Waals surface area contributed by atoms with Crippen LogP contribution in [0.25, 0.3) is 0 Å². The van der Waals surface area contributed by atoms with Crippen LogP contribution in [0, 0.1) is 18.6 Å². The molecule has 0 aromatic heterocycles. The predicted molar refractivity (Wildman–Crippen MR) is 76.7 cm³/mol. The largest absolute Gasteiger partial charge is 0.484 e. The second-order valence-corrected chi connectivity index (χ2v) is 4.78. The average Bonchev–Trinajstić information content (AvgIpc) is 2.44. The molecule has 0 aliphatic rings. The highest BCUT2D eigenvalue weighted by atomic mass is 35.5. The van der Waals surface area contributed by atoms with E-state index in [1.54, 1.807) is 18.2 Å². The normalized spacial score (nSPS) is 10.3. The fraction of sp³-hybridized carbons (Fsp3) is 0.133. The maximum Gasteiger partial charge on any atom is 0.262 e. The summed E-state index contributed by atoms with van der Waals surface area (Å²) < 4.78 is 30.8. The van der Waals surface area contributed by atoms with Gasteiger partial charge in [-0.15, -0.1) is 0 Å². The van der Waals surface area contributed by atoms with Gasteiger partial charge in [0.1, 0.15) is 5.75 Å². The Morgan fingerprint density at radius 3 is 2.62 bits per heavy atom. The van der Waals surface area contributed by atoms with E-state index in [1.165, 1.54) is 6.07 Å². The lowest BCUT2D eigenvalue weighted by Gasteiger charge is -2.08.